The number of piperidine rings is 1. The van der Waals surface area contributed by atoms with E-state index in [0.29, 0.717) is 18.8 Å². The lowest BCUT2D eigenvalue weighted by Crippen LogP contribution is -2.36. The van der Waals surface area contributed by atoms with Crippen LogP contribution in [0.25, 0.3) is 0 Å². The molecule has 2 aromatic carbocycles. The summed E-state index contributed by atoms with van der Waals surface area (Å²) in [6, 6.07) is 13.9. The van der Waals surface area contributed by atoms with Crippen molar-refractivity contribution >= 4 is 33.4 Å². The number of carbonyl (C=O) groups is 1. The molecule has 1 saturated heterocycles. The van der Waals surface area contributed by atoms with Gasteiger partial charge in [0.25, 0.3) is 5.91 Å². The fourth-order valence-electron chi connectivity index (χ4n) is 3.06. The summed E-state index contributed by atoms with van der Waals surface area (Å²) >= 11 is 1.52. The molecule has 1 fully saturated rings. The first kappa shape index (κ1) is 18.9. The summed E-state index contributed by atoms with van der Waals surface area (Å²) in [5.74, 6) is -0.414. The van der Waals surface area contributed by atoms with Crippen LogP contribution in [-0.4, -0.2) is 38.0 Å². The summed E-state index contributed by atoms with van der Waals surface area (Å²) in [5.41, 5.74) is 0.851. The van der Waals surface area contributed by atoms with Gasteiger partial charge in [-0.1, -0.05) is 30.7 Å². The minimum absolute atomic E-state index is 0.0704. The molecule has 2 aromatic rings. The number of hydrogen-bond acceptors (Lipinski definition) is 4. The van der Waals surface area contributed by atoms with E-state index < -0.39 is 15.9 Å². The molecule has 0 aromatic heterocycles. The van der Waals surface area contributed by atoms with Crippen LogP contribution >= 0.6 is 11.8 Å². The first-order valence-corrected chi connectivity index (χ1v) is 11.2. The molecule has 0 radical (unpaired) electrons. The highest BCUT2D eigenvalue weighted by Crippen LogP contribution is 2.27. The molecule has 1 aliphatic heterocycles. The molecule has 26 heavy (non-hydrogen) atoms. The molecular formula is C19H22N2O3S2. The van der Waals surface area contributed by atoms with Gasteiger partial charge in [-0.15, -0.1) is 11.8 Å². The largest absolute Gasteiger partial charge is 0.321 e. The summed E-state index contributed by atoms with van der Waals surface area (Å²) in [5, 5.41) is 2.85. The van der Waals surface area contributed by atoms with E-state index in [2.05, 4.69) is 5.32 Å². The topological polar surface area (TPSA) is 66.5 Å². The third-order valence-corrected chi connectivity index (χ3v) is 7.17. The van der Waals surface area contributed by atoms with E-state index in [1.165, 1.54) is 22.1 Å². The standard InChI is InChI=1S/C19H22N2O3S2/c1-25-17-11-5-4-10-16(17)20-19(22)15-9-3-6-12-18(15)26(23,24)21-13-7-2-8-14-21/h3-6,9-12H,2,7-8,13-14H2,1H3,(H,20,22). The lowest BCUT2D eigenvalue weighted by atomic mass is 10.2. The zero-order valence-corrected chi connectivity index (χ0v) is 16.3. The van der Waals surface area contributed by atoms with Crippen molar-refractivity contribution in [2.24, 2.45) is 0 Å². The molecule has 1 N–H and O–H groups in total. The Kier molecular flexibility index (Phi) is 6.01. The van der Waals surface area contributed by atoms with E-state index in [0.717, 1.165) is 24.2 Å². The van der Waals surface area contributed by atoms with Gasteiger partial charge >= 0.3 is 0 Å². The van der Waals surface area contributed by atoms with Gasteiger partial charge in [0.15, 0.2) is 0 Å². The fraction of sp³-hybridized carbons (Fsp3) is 0.316. The lowest BCUT2D eigenvalue weighted by molar-refractivity contribution is 0.102. The van der Waals surface area contributed by atoms with Crippen molar-refractivity contribution in [3.63, 3.8) is 0 Å². The molecule has 1 aliphatic rings. The van der Waals surface area contributed by atoms with E-state index >= 15 is 0 Å². The number of thioether (sulfide) groups is 1. The molecule has 138 valence electrons. The molecule has 1 heterocycles. The minimum Gasteiger partial charge on any atom is -0.321 e. The van der Waals surface area contributed by atoms with Crippen LogP contribution in [0.5, 0.6) is 0 Å². The maximum atomic E-state index is 13.0. The number of anilines is 1. The summed E-state index contributed by atoms with van der Waals surface area (Å²) in [6.45, 7) is 1.02. The maximum Gasteiger partial charge on any atom is 0.257 e. The van der Waals surface area contributed by atoms with Crippen molar-refractivity contribution in [1.29, 1.82) is 0 Å². The van der Waals surface area contributed by atoms with Crippen LogP contribution in [0.3, 0.4) is 0 Å². The number of rotatable bonds is 5. The molecule has 0 atom stereocenters. The van der Waals surface area contributed by atoms with Gasteiger partial charge in [-0.05, 0) is 43.4 Å². The highest BCUT2D eigenvalue weighted by atomic mass is 32.2. The summed E-state index contributed by atoms with van der Waals surface area (Å²) in [7, 11) is -3.68. The maximum absolute atomic E-state index is 13.0. The Morgan fingerprint density at radius 3 is 2.38 bits per heavy atom. The molecule has 7 heteroatoms. The number of sulfonamides is 1. The van der Waals surface area contributed by atoms with Gasteiger partial charge in [-0.3, -0.25) is 4.79 Å². The predicted octanol–water partition coefficient (Wildman–Crippen LogP) is 3.84. The molecule has 0 bridgehead atoms. The summed E-state index contributed by atoms with van der Waals surface area (Å²) in [6.07, 6.45) is 4.68. The van der Waals surface area contributed by atoms with Crippen molar-refractivity contribution in [1.82, 2.24) is 4.31 Å². The number of benzene rings is 2. The van der Waals surface area contributed by atoms with Crippen molar-refractivity contribution in [3.05, 3.63) is 54.1 Å². The first-order chi connectivity index (χ1) is 12.5. The molecule has 0 unspecified atom stereocenters. The van der Waals surface area contributed by atoms with Crippen LogP contribution in [0.4, 0.5) is 5.69 Å². The average Bonchev–Trinajstić information content (AvgIpc) is 2.69. The van der Waals surface area contributed by atoms with Gasteiger partial charge in [0.05, 0.1) is 16.1 Å². The van der Waals surface area contributed by atoms with Gasteiger partial charge in [-0.25, -0.2) is 8.42 Å². The van der Waals surface area contributed by atoms with Crippen LogP contribution in [0.2, 0.25) is 0 Å². The molecule has 1 amide bonds. The highest BCUT2D eigenvalue weighted by Gasteiger charge is 2.29. The molecule has 5 nitrogen and oxygen atoms in total. The predicted molar refractivity (Wildman–Crippen MR) is 105 cm³/mol. The Labute approximate surface area is 158 Å². The number of para-hydroxylation sites is 1. The van der Waals surface area contributed by atoms with Crippen LogP contribution < -0.4 is 5.32 Å². The second-order valence-corrected chi connectivity index (χ2v) is 8.87. The Morgan fingerprint density at radius 2 is 1.65 bits per heavy atom. The number of hydrogen-bond donors (Lipinski definition) is 1. The van der Waals surface area contributed by atoms with Gasteiger partial charge < -0.3 is 5.32 Å². The van der Waals surface area contributed by atoms with Crippen LogP contribution in [0.15, 0.2) is 58.3 Å². The molecular weight excluding hydrogens is 368 g/mol. The normalized spacial score (nSPS) is 15.6. The Hall–Kier alpha value is -1.83. The van der Waals surface area contributed by atoms with E-state index in [1.807, 2.05) is 30.5 Å². The van der Waals surface area contributed by atoms with E-state index in [-0.39, 0.29) is 10.5 Å². The van der Waals surface area contributed by atoms with Crippen molar-refractivity contribution in [3.8, 4) is 0 Å². The van der Waals surface area contributed by atoms with E-state index in [1.54, 1.807) is 18.2 Å². The molecule has 0 saturated carbocycles. The van der Waals surface area contributed by atoms with Gasteiger partial charge in [0.1, 0.15) is 0 Å². The van der Waals surface area contributed by atoms with Crippen molar-refractivity contribution in [2.75, 3.05) is 24.7 Å². The summed E-state index contributed by atoms with van der Waals surface area (Å²) < 4.78 is 27.5. The lowest BCUT2D eigenvalue weighted by Gasteiger charge is -2.26. The Morgan fingerprint density at radius 1 is 1.00 bits per heavy atom. The third kappa shape index (κ3) is 3.95. The number of nitrogens with zero attached hydrogens (tertiary/aromatic N) is 1. The Bertz CT molecular complexity index is 891. The van der Waals surface area contributed by atoms with E-state index in [9.17, 15) is 13.2 Å². The monoisotopic (exact) mass is 390 g/mol. The van der Waals surface area contributed by atoms with Crippen molar-refractivity contribution < 1.29 is 13.2 Å². The van der Waals surface area contributed by atoms with Gasteiger partial charge in [-0.2, -0.15) is 4.31 Å². The quantitative estimate of drug-likeness (QED) is 0.788. The second kappa shape index (κ2) is 8.24. The second-order valence-electron chi connectivity index (χ2n) is 6.12. The summed E-state index contributed by atoms with van der Waals surface area (Å²) in [4.78, 5) is 13.8. The molecule has 0 spiro atoms. The number of carbonyl (C=O) groups excluding carboxylic acids is 1. The minimum atomic E-state index is -3.68. The fourth-order valence-corrected chi connectivity index (χ4v) is 5.32. The first-order valence-electron chi connectivity index (χ1n) is 8.57. The third-order valence-electron chi connectivity index (χ3n) is 4.42. The average molecular weight is 391 g/mol. The van der Waals surface area contributed by atoms with Crippen molar-refractivity contribution in [2.45, 2.75) is 29.1 Å². The van der Waals surface area contributed by atoms with Crippen LogP contribution in [0.1, 0.15) is 29.6 Å². The smallest absolute Gasteiger partial charge is 0.257 e. The number of nitrogens with one attached hydrogen (secondary N) is 1. The van der Waals surface area contributed by atoms with E-state index in [4.69, 9.17) is 0 Å². The SMILES string of the molecule is CSc1ccccc1NC(=O)c1ccccc1S(=O)(=O)N1CCCCC1. The Balaban J connectivity index is 1.92. The molecule has 3 rings (SSSR count). The zero-order valence-electron chi connectivity index (χ0n) is 14.6. The molecule has 0 aliphatic carbocycles. The number of amides is 1. The van der Waals surface area contributed by atoms with Crippen LogP contribution in [0, 0.1) is 0 Å². The van der Waals surface area contributed by atoms with Gasteiger partial charge in [0.2, 0.25) is 10.0 Å². The highest BCUT2D eigenvalue weighted by molar-refractivity contribution is 7.98. The van der Waals surface area contributed by atoms with Crippen LogP contribution in [-0.2, 0) is 10.0 Å². The zero-order chi connectivity index (χ0) is 18.6. The van der Waals surface area contributed by atoms with Gasteiger partial charge in [0, 0.05) is 18.0 Å².